The molecule has 7 unspecified atom stereocenters. The van der Waals surface area contributed by atoms with Crippen LogP contribution in [-0.4, -0.2) is 113 Å². The molecule has 4 aliphatic rings. The molecule has 7 rings (SSSR count). The average Bonchev–Trinajstić information content (AvgIpc) is 3.35. The minimum absolute atomic E-state index is 0.0151. The Hall–Kier alpha value is -5.49. The van der Waals surface area contributed by atoms with Crippen molar-refractivity contribution >= 4 is 23.4 Å². The number of oxime groups is 1. The lowest BCUT2D eigenvalue weighted by Gasteiger charge is -2.60. The Morgan fingerprint density at radius 1 is 1.03 bits per heavy atom. The summed E-state index contributed by atoms with van der Waals surface area (Å²) in [6, 6.07) is 16.7. The van der Waals surface area contributed by atoms with Gasteiger partial charge in [0.1, 0.15) is 24.1 Å². The quantitative estimate of drug-likeness (QED) is 0.0247. The molecule has 16 heteroatoms. The number of aromatic nitrogens is 1. The zero-order chi connectivity index (χ0) is 47.9. The Bertz CT molecular complexity index is 2240. The van der Waals surface area contributed by atoms with Crippen molar-refractivity contribution in [1.82, 2.24) is 9.88 Å². The average molecular weight is 939 g/mol. The third-order valence-corrected chi connectivity index (χ3v) is 13.3. The molecule has 1 amide bonds. The first-order chi connectivity index (χ1) is 33.2. The number of carbonyl (C=O) groups is 1. The summed E-state index contributed by atoms with van der Waals surface area (Å²) in [5.74, 6) is -1.60. The molecule has 366 valence electrons. The number of aryl methyl sites for hydroxylation is 1. The van der Waals surface area contributed by atoms with E-state index >= 15 is 0 Å². The summed E-state index contributed by atoms with van der Waals surface area (Å²) in [6.45, 7) is 6.98. The van der Waals surface area contributed by atoms with Crippen LogP contribution in [0.4, 0.5) is 5.69 Å². The van der Waals surface area contributed by atoms with E-state index < -0.39 is 34.9 Å². The molecule has 2 aliphatic carbocycles. The van der Waals surface area contributed by atoms with Gasteiger partial charge in [0.05, 0.1) is 55.3 Å². The number of ether oxygens (including phenoxy) is 5. The van der Waals surface area contributed by atoms with Crippen LogP contribution in [0.25, 0.3) is 6.08 Å². The van der Waals surface area contributed by atoms with Crippen LogP contribution >= 0.6 is 0 Å². The fraction of sp³-hybridized carbons (Fsp3) is 0.519. The van der Waals surface area contributed by atoms with Crippen LogP contribution in [0.2, 0.25) is 0 Å². The SMILES string of the molecule is C=CCOC12Oc3ccc(OCc4cccc(C)n4)cc3C3C(CCCCO)C(CCCCO)C=C(C(=NOC4CCCCO4)CC1N(CCOCCO)C(=O)C=Cc1ccc([N+](=O)[O-])cc1)C32. The number of carbonyl (C=O) groups excluding carboxylic acids is 1. The van der Waals surface area contributed by atoms with Gasteiger partial charge in [-0.25, -0.2) is 0 Å². The molecule has 2 aliphatic heterocycles. The van der Waals surface area contributed by atoms with Gasteiger partial charge in [0.2, 0.25) is 18.0 Å². The van der Waals surface area contributed by atoms with Crippen LogP contribution in [0.15, 0.2) is 96.2 Å². The van der Waals surface area contributed by atoms with E-state index in [0.29, 0.717) is 48.6 Å². The highest BCUT2D eigenvalue weighted by Gasteiger charge is 2.65. The molecule has 2 fully saturated rings. The lowest BCUT2D eigenvalue weighted by molar-refractivity contribution is -0.384. The van der Waals surface area contributed by atoms with Crippen LogP contribution in [0.3, 0.4) is 0 Å². The fourth-order valence-corrected chi connectivity index (χ4v) is 10.2. The zero-order valence-corrected chi connectivity index (χ0v) is 39.0. The molecular weight excluding hydrogens is 873 g/mol. The predicted molar refractivity (Wildman–Crippen MR) is 255 cm³/mol. The first kappa shape index (κ1) is 50.4. The third kappa shape index (κ3) is 12.2. The van der Waals surface area contributed by atoms with Crippen molar-refractivity contribution in [2.75, 3.05) is 52.8 Å². The summed E-state index contributed by atoms with van der Waals surface area (Å²) in [5.41, 5.74) is 4.60. The van der Waals surface area contributed by atoms with E-state index in [9.17, 15) is 30.2 Å². The van der Waals surface area contributed by atoms with Crippen molar-refractivity contribution in [2.45, 2.75) is 102 Å². The maximum absolute atomic E-state index is 15.0. The maximum Gasteiger partial charge on any atom is 0.269 e. The number of aliphatic hydroxyl groups excluding tert-OH is 3. The smallest absolute Gasteiger partial charge is 0.269 e. The van der Waals surface area contributed by atoms with E-state index in [1.54, 1.807) is 29.2 Å². The summed E-state index contributed by atoms with van der Waals surface area (Å²) >= 11 is 0. The van der Waals surface area contributed by atoms with E-state index in [2.05, 4.69) is 17.6 Å². The highest BCUT2D eigenvalue weighted by atomic mass is 16.8. The Balaban J connectivity index is 1.41. The first-order valence-corrected chi connectivity index (χ1v) is 24.0. The monoisotopic (exact) mass is 938 g/mol. The second-order valence-corrected chi connectivity index (χ2v) is 17.8. The summed E-state index contributed by atoms with van der Waals surface area (Å²) < 4.78 is 32.8. The molecule has 0 bridgehead atoms. The minimum atomic E-state index is -1.54. The number of hydrogen-bond acceptors (Lipinski definition) is 14. The standard InChI is InChI=1S/C52H66N4O12/c1-3-28-66-52-47(55(24-30-63-31-27-59)48(60)23-18-37-16-19-40(20-17-37)56(61)62)34-45(54-68-49-15-6-9-29-64-49)43-32-38(12-4-7-25-57)42(14-5-8-26-58)50(51(43)52)44-33-41(21-22-46(44)67-52)65-35-39-13-10-11-36(2)53-39/h3,10-11,13,16-23,32-33,38,42,47,49-51,57-59H,1,4-9,12,14-15,24-31,34-35H2,2H3. The molecule has 3 aromatic rings. The number of fused-ring (bicyclic) bond motifs is 2. The van der Waals surface area contributed by atoms with Gasteiger partial charge >= 0.3 is 0 Å². The van der Waals surface area contributed by atoms with E-state index in [-0.39, 0.29) is 82.7 Å². The number of non-ortho nitro benzene ring substituents is 1. The van der Waals surface area contributed by atoms with Crippen LogP contribution < -0.4 is 9.47 Å². The normalized spacial score (nSPS) is 24.6. The highest BCUT2D eigenvalue weighted by molar-refractivity contribution is 6.03. The summed E-state index contributed by atoms with van der Waals surface area (Å²) in [6.07, 6.45) is 13.4. The van der Waals surface area contributed by atoms with E-state index in [4.69, 9.17) is 33.7 Å². The van der Waals surface area contributed by atoms with Gasteiger partial charge < -0.3 is 48.7 Å². The van der Waals surface area contributed by atoms with Gasteiger partial charge in [0, 0.05) is 68.0 Å². The van der Waals surface area contributed by atoms with Gasteiger partial charge in [-0.15, -0.1) is 6.58 Å². The van der Waals surface area contributed by atoms with E-state index in [1.807, 2.05) is 43.3 Å². The molecule has 0 radical (unpaired) electrons. The molecule has 3 N–H and O–H groups in total. The summed E-state index contributed by atoms with van der Waals surface area (Å²) in [7, 11) is 0. The second kappa shape index (κ2) is 24.7. The van der Waals surface area contributed by atoms with Crippen molar-refractivity contribution in [3.63, 3.8) is 0 Å². The molecule has 7 atom stereocenters. The predicted octanol–water partition coefficient (Wildman–Crippen LogP) is 7.59. The van der Waals surface area contributed by atoms with Gasteiger partial charge in [-0.1, -0.05) is 36.2 Å². The van der Waals surface area contributed by atoms with Crippen molar-refractivity contribution in [1.29, 1.82) is 0 Å². The number of rotatable bonds is 25. The lowest BCUT2D eigenvalue weighted by atomic mass is 9.55. The van der Waals surface area contributed by atoms with Crippen molar-refractivity contribution in [2.24, 2.45) is 22.9 Å². The van der Waals surface area contributed by atoms with E-state index in [1.165, 1.54) is 18.2 Å². The number of allylic oxidation sites excluding steroid dienone is 1. The molecule has 1 aromatic heterocycles. The van der Waals surface area contributed by atoms with Crippen molar-refractivity contribution < 1.29 is 53.6 Å². The molecule has 1 saturated carbocycles. The van der Waals surface area contributed by atoms with Gasteiger partial charge in [-0.2, -0.15) is 0 Å². The number of pyridine rings is 1. The number of nitro groups is 1. The second-order valence-electron chi connectivity index (χ2n) is 17.8. The number of aliphatic hydroxyl groups is 3. The van der Waals surface area contributed by atoms with Gasteiger partial charge in [-0.05, 0) is 117 Å². The van der Waals surface area contributed by atoms with Crippen LogP contribution in [-0.2, 0) is 30.4 Å². The van der Waals surface area contributed by atoms with E-state index in [0.717, 1.165) is 61.0 Å². The largest absolute Gasteiger partial charge is 0.487 e. The highest BCUT2D eigenvalue weighted by Crippen LogP contribution is 2.62. The molecule has 3 heterocycles. The molecule has 0 spiro atoms. The molecule has 68 heavy (non-hydrogen) atoms. The van der Waals surface area contributed by atoms with Crippen LogP contribution in [0, 0.1) is 34.8 Å². The summed E-state index contributed by atoms with van der Waals surface area (Å²) in [5, 5.41) is 46.0. The molecule has 2 aromatic carbocycles. The number of nitro benzene ring substituents is 1. The zero-order valence-electron chi connectivity index (χ0n) is 39.0. The number of benzene rings is 2. The summed E-state index contributed by atoms with van der Waals surface area (Å²) in [4.78, 5) is 38.5. The number of unbranched alkanes of at least 4 members (excludes halogenated alkanes) is 2. The van der Waals surface area contributed by atoms with Crippen molar-refractivity contribution in [3.8, 4) is 11.5 Å². The Morgan fingerprint density at radius 3 is 2.56 bits per heavy atom. The molecule has 1 saturated heterocycles. The van der Waals surface area contributed by atoms with Crippen molar-refractivity contribution in [3.05, 3.63) is 124 Å². The van der Waals surface area contributed by atoms with Gasteiger partial charge in [0.15, 0.2) is 0 Å². The lowest BCUT2D eigenvalue weighted by Crippen LogP contribution is -2.70. The molecule has 16 nitrogen and oxygen atoms in total. The Labute approximate surface area is 398 Å². The number of amides is 1. The van der Waals surface area contributed by atoms with Crippen LogP contribution in [0.1, 0.15) is 92.6 Å². The first-order valence-electron chi connectivity index (χ1n) is 24.0. The number of nitrogens with zero attached hydrogens (tertiary/aromatic N) is 4. The fourth-order valence-electron chi connectivity index (χ4n) is 10.2. The number of hydrogen-bond donors (Lipinski definition) is 3. The third-order valence-electron chi connectivity index (χ3n) is 13.3. The van der Waals surface area contributed by atoms with Crippen LogP contribution in [0.5, 0.6) is 11.5 Å². The molecular formula is C52H66N4O12. The Kier molecular flexibility index (Phi) is 18.3. The van der Waals surface area contributed by atoms with Gasteiger partial charge in [0.25, 0.3) is 5.69 Å². The maximum atomic E-state index is 15.0. The van der Waals surface area contributed by atoms with Gasteiger partial charge in [-0.3, -0.25) is 19.9 Å². The minimum Gasteiger partial charge on any atom is -0.487 e. The topological polar surface area (TPSA) is 205 Å². The Morgan fingerprint density at radius 2 is 1.84 bits per heavy atom.